The number of hydrogen-bond acceptors (Lipinski definition) is 4. The van der Waals surface area contributed by atoms with Gasteiger partial charge in [-0.25, -0.2) is 0 Å². The molecule has 2 atom stereocenters. The molecule has 100 valence electrons. The van der Waals surface area contributed by atoms with Gasteiger partial charge in [0.25, 0.3) is 0 Å². The Labute approximate surface area is 112 Å². The molecule has 0 heterocycles. The first-order chi connectivity index (χ1) is 8.58. The maximum atomic E-state index is 11.3. The quantitative estimate of drug-likeness (QED) is 0.822. The number of hydrogen-bond donors (Lipinski definition) is 2. The van der Waals surface area contributed by atoms with Crippen molar-refractivity contribution in [1.82, 2.24) is 5.32 Å². The van der Waals surface area contributed by atoms with E-state index in [-0.39, 0.29) is 17.2 Å². The van der Waals surface area contributed by atoms with Crippen LogP contribution in [-0.4, -0.2) is 31.9 Å². The fraction of sp³-hybridized carbons (Fsp3) is 0.462. The summed E-state index contributed by atoms with van der Waals surface area (Å²) in [5, 5.41) is 2.69. The Hall–Kier alpha value is -1.20. The van der Waals surface area contributed by atoms with Crippen LogP contribution in [0.1, 0.15) is 17.7 Å². The number of benzene rings is 1. The van der Waals surface area contributed by atoms with Gasteiger partial charge in [0.05, 0.1) is 12.9 Å². The third-order valence-electron chi connectivity index (χ3n) is 2.57. The second-order valence-electron chi connectivity index (χ2n) is 4.04. The van der Waals surface area contributed by atoms with E-state index >= 15 is 0 Å². The van der Waals surface area contributed by atoms with Crippen LogP contribution in [0, 0.1) is 0 Å². The number of ether oxygens (including phenoxy) is 1. The molecule has 4 nitrogen and oxygen atoms in total. The van der Waals surface area contributed by atoms with Gasteiger partial charge < -0.3 is 15.8 Å². The monoisotopic (exact) mass is 268 g/mol. The highest BCUT2D eigenvalue weighted by molar-refractivity contribution is 8.00. The maximum absolute atomic E-state index is 11.3. The van der Waals surface area contributed by atoms with Gasteiger partial charge in [-0.05, 0) is 24.6 Å². The molecule has 1 rings (SSSR count). The Morgan fingerprint density at radius 1 is 1.56 bits per heavy atom. The van der Waals surface area contributed by atoms with Crippen molar-refractivity contribution in [3.8, 4) is 5.75 Å². The summed E-state index contributed by atoms with van der Waals surface area (Å²) >= 11 is 1.54. The largest absolute Gasteiger partial charge is 0.497 e. The molecule has 1 aromatic carbocycles. The predicted molar refractivity (Wildman–Crippen MR) is 75.9 cm³/mol. The molecule has 18 heavy (non-hydrogen) atoms. The second kappa shape index (κ2) is 7.28. The SMILES string of the molecule is CNC(=O)CSC(c1cccc(OC)c1)C(C)N. The zero-order valence-electron chi connectivity index (χ0n) is 11.0. The number of carbonyl (C=O) groups excluding carboxylic acids is 1. The first kappa shape index (κ1) is 14.9. The second-order valence-corrected chi connectivity index (χ2v) is 5.17. The summed E-state index contributed by atoms with van der Waals surface area (Å²) < 4.78 is 5.20. The van der Waals surface area contributed by atoms with Crippen LogP contribution in [0.5, 0.6) is 5.75 Å². The lowest BCUT2D eigenvalue weighted by Gasteiger charge is -2.21. The van der Waals surface area contributed by atoms with Crippen molar-refractivity contribution < 1.29 is 9.53 Å². The number of nitrogens with two attached hydrogens (primary N) is 1. The number of amides is 1. The lowest BCUT2D eigenvalue weighted by Crippen LogP contribution is -2.26. The van der Waals surface area contributed by atoms with Crippen LogP contribution < -0.4 is 15.8 Å². The molecule has 0 spiro atoms. The average Bonchev–Trinajstić information content (AvgIpc) is 2.38. The number of methoxy groups -OCH3 is 1. The van der Waals surface area contributed by atoms with Crippen molar-refractivity contribution in [3.05, 3.63) is 29.8 Å². The maximum Gasteiger partial charge on any atom is 0.229 e. The molecule has 1 aromatic rings. The first-order valence-corrected chi connectivity index (χ1v) is 6.85. The summed E-state index contributed by atoms with van der Waals surface area (Å²) in [7, 11) is 3.27. The van der Waals surface area contributed by atoms with E-state index in [1.807, 2.05) is 31.2 Å². The molecular weight excluding hydrogens is 248 g/mol. The summed E-state index contributed by atoms with van der Waals surface area (Å²) in [6, 6.07) is 7.76. The molecule has 0 aliphatic carbocycles. The zero-order chi connectivity index (χ0) is 13.5. The molecule has 2 unspecified atom stereocenters. The van der Waals surface area contributed by atoms with E-state index in [1.165, 1.54) is 0 Å². The summed E-state index contributed by atoms with van der Waals surface area (Å²) in [6.45, 7) is 1.95. The van der Waals surface area contributed by atoms with Crippen LogP contribution in [0.15, 0.2) is 24.3 Å². The fourth-order valence-corrected chi connectivity index (χ4v) is 2.73. The number of thioether (sulfide) groups is 1. The molecule has 0 aliphatic heterocycles. The molecule has 0 radical (unpaired) electrons. The van der Waals surface area contributed by atoms with Crippen LogP contribution in [0.4, 0.5) is 0 Å². The first-order valence-electron chi connectivity index (χ1n) is 5.80. The number of nitrogens with one attached hydrogen (secondary N) is 1. The lowest BCUT2D eigenvalue weighted by atomic mass is 10.1. The van der Waals surface area contributed by atoms with E-state index in [0.29, 0.717) is 5.75 Å². The van der Waals surface area contributed by atoms with Crippen molar-refractivity contribution in [2.24, 2.45) is 5.73 Å². The molecule has 0 aromatic heterocycles. The zero-order valence-corrected chi connectivity index (χ0v) is 11.8. The highest BCUT2D eigenvalue weighted by Gasteiger charge is 2.18. The van der Waals surface area contributed by atoms with Gasteiger partial charge >= 0.3 is 0 Å². The molecule has 0 fully saturated rings. The summed E-state index contributed by atoms with van der Waals surface area (Å²) in [5.74, 6) is 1.21. The molecule has 0 saturated heterocycles. The molecule has 0 aliphatic rings. The highest BCUT2D eigenvalue weighted by Crippen LogP contribution is 2.32. The van der Waals surface area contributed by atoms with E-state index in [0.717, 1.165) is 11.3 Å². The van der Waals surface area contributed by atoms with Gasteiger partial charge in [0.2, 0.25) is 5.91 Å². The van der Waals surface area contributed by atoms with Crippen LogP contribution in [0.3, 0.4) is 0 Å². The van der Waals surface area contributed by atoms with Gasteiger partial charge in [0, 0.05) is 18.3 Å². The fourth-order valence-electron chi connectivity index (χ4n) is 1.61. The van der Waals surface area contributed by atoms with E-state index in [1.54, 1.807) is 25.9 Å². The van der Waals surface area contributed by atoms with E-state index in [9.17, 15) is 4.79 Å². The Morgan fingerprint density at radius 2 is 2.28 bits per heavy atom. The molecule has 5 heteroatoms. The normalized spacial score (nSPS) is 13.8. The third kappa shape index (κ3) is 4.23. The minimum Gasteiger partial charge on any atom is -0.497 e. The highest BCUT2D eigenvalue weighted by atomic mass is 32.2. The minimum atomic E-state index is -0.0354. The summed E-state index contributed by atoms with van der Waals surface area (Å²) in [4.78, 5) is 11.3. The van der Waals surface area contributed by atoms with Crippen molar-refractivity contribution in [2.75, 3.05) is 19.9 Å². The summed E-state index contributed by atoms with van der Waals surface area (Å²) in [5.41, 5.74) is 7.08. The van der Waals surface area contributed by atoms with Crippen molar-refractivity contribution >= 4 is 17.7 Å². The Kier molecular flexibility index (Phi) is 6.01. The van der Waals surface area contributed by atoms with Gasteiger partial charge in [-0.1, -0.05) is 12.1 Å². The topological polar surface area (TPSA) is 64.3 Å². The third-order valence-corrected chi connectivity index (χ3v) is 4.06. The van der Waals surface area contributed by atoms with Crippen molar-refractivity contribution in [3.63, 3.8) is 0 Å². The molecular formula is C13H20N2O2S. The van der Waals surface area contributed by atoms with Crippen molar-refractivity contribution in [1.29, 1.82) is 0 Å². The number of rotatable bonds is 6. The van der Waals surface area contributed by atoms with Gasteiger partial charge in [0.1, 0.15) is 5.75 Å². The van der Waals surface area contributed by atoms with Gasteiger partial charge in [-0.15, -0.1) is 11.8 Å². The Bertz CT molecular complexity index is 396. The van der Waals surface area contributed by atoms with Gasteiger partial charge in [0.15, 0.2) is 0 Å². The molecule has 3 N–H and O–H groups in total. The molecule has 1 amide bonds. The van der Waals surface area contributed by atoms with Gasteiger partial charge in [-0.2, -0.15) is 0 Å². The predicted octanol–water partition coefficient (Wildman–Crippen LogP) is 1.56. The van der Waals surface area contributed by atoms with Crippen LogP contribution in [-0.2, 0) is 4.79 Å². The van der Waals surface area contributed by atoms with E-state index in [2.05, 4.69) is 5.32 Å². The Morgan fingerprint density at radius 3 is 2.83 bits per heavy atom. The van der Waals surface area contributed by atoms with E-state index < -0.39 is 0 Å². The van der Waals surface area contributed by atoms with Crippen molar-refractivity contribution in [2.45, 2.75) is 18.2 Å². The van der Waals surface area contributed by atoms with Crippen LogP contribution in [0.2, 0.25) is 0 Å². The Balaban J connectivity index is 2.80. The minimum absolute atomic E-state index is 0.00791. The van der Waals surface area contributed by atoms with Crippen LogP contribution in [0.25, 0.3) is 0 Å². The van der Waals surface area contributed by atoms with Crippen LogP contribution >= 0.6 is 11.8 Å². The smallest absolute Gasteiger partial charge is 0.229 e. The number of carbonyl (C=O) groups is 1. The lowest BCUT2D eigenvalue weighted by molar-refractivity contribution is -0.118. The molecule has 0 saturated carbocycles. The molecule has 0 bridgehead atoms. The standard InChI is InChI=1S/C13H20N2O2S/c1-9(14)13(18-8-12(16)15-2)10-5-4-6-11(7-10)17-3/h4-7,9,13H,8,14H2,1-3H3,(H,15,16). The van der Waals surface area contributed by atoms with E-state index in [4.69, 9.17) is 10.5 Å². The summed E-state index contributed by atoms with van der Waals surface area (Å²) in [6.07, 6.45) is 0. The van der Waals surface area contributed by atoms with Gasteiger partial charge in [-0.3, -0.25) is 4.79 Å². The average molecular weight is 268 g/mol.